The second-order valence-corrected chi connectivity index (χ2v) is 4.46. The van der Waals surface area contributed by atoms with E-state index in [0.29, 0.717) is 12.3 Å². The molecule has 1 nitrogen and oxygen atoms in total. The van der Waals surface area contributed by atoms with Gasteiger partial charge in [0.1, 0.15) is 6.29 Å². The lowest BCUT2D eigenvalue weighted by atomic mass is 9.93. The molecule has 0 bridgehead atoms. The molecule has 0 aliphatic rings. The van der Waals surface area contributed by atoms with Gasteiger partial charge in [-0.3, -0.25) is 0 Å². The van der Waals surface area contributed by atoms with Crippen LogP contribution in [0.25, 0.3) is 0 Å². The molecule has 0 saturated heterocycles. The fourth-order valence-corrected chi connectivity index (χ4v) is 1.98. The smallest absolute Gasteiger partial charge is 0.119 e. The standard InChI is InChI=1S/C17H22O/c1-2-3-5-10-16(13-8-9-14-18)15-17-11-6-4-7-12-17/h2-7,10-12,14,16H,8-9,13,15H2,1H3/b3-2+,10-5+. The third-order valence-corrected chi connectivity index (χ3v) is 2.92. The third kappa shape index (κ3) is 6.19. The molecule has 0 saturated carbocycles. The summed E-state index contributed by atoms with van der Waals surface area (Å²) in [4.78, 5) is 10.4. The maximum atomic E-state index is 10.4. The Morgan fingerprint density at radius 1 is 1.17 bits per heavy atom. The lowest BCUT2D eigenvalue weighted by molar-refractivity contribution is -0.107. The summed E-state index contributed by atoms with van der Waals surface area (Å²) in [6, 6.07) is 10.5. The molecule has 1 heteroatoms. The average Bonchev–Trinajstić information content (AvgIpc) is 2.40. The first-order chi connectivity index (χ1) is 8.86. The average molecular weight is 242 g/mol. The van der Waals surface area contributed by atoms with Crippen LogP contribution in [0.1, 0.15) is 31.7 Å². The van der Waals surface area contributed by atoms with Crippen LogP contribution in [0.2, 0.25) is 0 Å². The van der Waals surface area contributed by atoms with Crippen LogP contribution in [-0.4, -0.2) is 6.29 Å². The lowest BCUT2D eigenvalue weighted by Gasteiger charge is -2.11. The number of hydrogen-bond acceptors (Lipinski definition) is 1. The molecule has 1 unspecified atom stereocenters. The van der Waals surface area contributed by atoms with E-state index >= 15 is 0 Å². The van der Waals surface area contributed by atoms with Crippen molar-refractivity contribution < 1.29 is 4.79 Å². The summed E-state index contributed by atoms with van der Waals surface area (Å²) in [6.45, 7) is 2.02. The van der Waals surface area contributed by atoms with Crippen LogP contribution in [0.15, 0.2) is 54.6 Å². The SMILES string of the molecule is C/C=C/C=C/C(CCCC=O)Cc1ccccc1. The fraction of sp³-hybridized carbons (Fsp3) is 0.353. The highest BCUT2D eigenvalue weighted by Gasteiger charge is 2.05. The number of hydrogen-bond donors (Lipinski definition) is 0. The molecule has 0 N–H and O–H groups in total. The van der Waals surface area contributed by atoms with Gasteiger partial charge >= 0.3 is 0 Å². The molecule has 0 aliphatic heterocycles. The van der Waals surface area contributed by atoms with Gasteiger partial charge in [-0.25, -0.2) is 0 Å². The monoisotopic (exact) mass is 242 g/mol. The van der Waals surface area contributed by atoms with Gasteiger partial charge in [0.25, 0.3) is 0 Å². The number of allylic oxidation sites excluding steroid dienone is 4. The highest BCUT2D eigenvalue weighted by Crippen LogP contribution is 2.16. The molecule has 0 aliphatic carbocycles. The normalized spacial score (nSPS) is 13.2. The van der Waals surface area contributed by atoms with Crippen LogP contribution < -0.4 is 0 Å². The lowest BCUT2D eigenvalue weighted by Crippen LogP contribution is -2.01. The van der Waals surface area contributed by atoms with Gasteiger partial charge in [-0.15, -0.1) is 0 Å². The molecule has 96 valence electrons. The van der Waals surface area contributed by atoms with Crippen LogP contribution in [0.4, 0.5) is 0 Å². The number of benzene rings is 1. The van der Waals surface area contributed by atoms with Gasteiger partial charge in [0.2, 0.25) is 0 Å². The molecule has 0 radical (unpaired) electrons. The molecule has 18 heavy (non-hydrogen) atoms. The van der Waals surface area contributed by atoms with Crippen LogP contribution in [0.5, 0.6) is 0 Å². The molecular formula is C17H22O. The van der Waals surface area contributed by atoms with Crippen molar-refractivity contribution >= 4 is 6.29 Å². The zero-order chi connectivity index (χ0) is 13.1. The molecular weight excluding hydrogens is 220 g/mol. The molecule has 0 aromatic heterocycles. The maximum absolute atomic E-state index is 10.4. The summed E-state index contributed by atoms with van der Waals surface area (Å²) >= 11 is 0. The van der Waals surface area contributed by atoms with E-state index in [4.69, 9.17) is 0 Å². The Labute approximate surface area is 110 Å². The third-order valence-electron chi connectivity index (χ3n) is 2.92. The number of carbonyl (C=O) groups is 1. The number of rotatable bonds is 8. The van der Waals surface area contributed by atoms with E-state index in [1.165, 1.54) is 5.56 Å². The van der Waals surface area contributed by atoms with Crippen LogP contribution in [0.3, 0.4) is 0 Å². The van der Waals surface area contributed by atoms with Crippen molar-refractivity contribution in [1.82, 2.24) is 0 Å². The van der Waals surface area contributed by atoms with Crippen molar-refractivity contribution in [2.24, 2.45) is 5.92 Å². The molecule has 0 fully saturated rings. The Morgan fingerprint density at radius 3 is 2.61 bits per heavy atom. The van der Waals surface area contributed by atoms with Gasteiger partial charge in [0, 0.05) is 6.42 Å². The van der Waals surface area contributed by atoms with Gasteiger partial charge in [-0.1, -0.05) is 54.6 Å². The molecule has 0 heterocycles. The zero-order valence-electron chi connectivity index (χ0n) is 11.1. The van der Waals surface area contributed by atoms with Crippen molar-refractivity contribution in [2.45, 2.75) is 32.6 Å². The van der Waals surface area contributed by atoms with Gasteiger partial charge < -0.3 is 4.79 Å². The van der Waals surface area contributed by atoms with Gasteiger partial charge in [-0.2, -0.15) is 0 Å². The topological polar surface area (TPSA) is 17.1 Å². The molecule has 0 spiro atoms. The van der Waals surface area contributed by atoms with Crippen molar-refractivity contribution in [2.75, 3.05) is 0 Å². The van der Waals surface area contributed by atoms with Crippen molar-refractivity contribution in [3.8, 4) is 0 Å². The van der Waals surface area contributed by atoms with Crippen LogP contribution in [0, 0.1) is 5.92 Å². The van der Waals surface area contributed by atoms with E-state index in [2.05, 4.69) is 42.5 Å². The van der Waals surface area contributed by atoms with E-state index in [1.807, 2.05) is 19.1 Å². The molecule has 1 aromatic rings. The molecule has 1 atom stereocenters. The number of carbonyl (C=O) groups excluding carboxylic acids is 1. The summed E-state index contributed by atoms with van der Waals surface area (Å²) < 4.78 is 0. The van der Waals surface area contributed by atoms with Gasteiger partial charge in [-0.05, 0) is 37.7 Å². The Balaban J connectivity index is 2.55. The Hall–Kier alpha value is -1.63. The Morgan fingerprint density at radius 2 is 1.94 bits per heavy atom. The summed E-state index contributed by atoms with van der Waals surface area (Å²) in [5, 5.41) is 0. The zero-order valence-corrected chi connectivity index (χ0v) is 11.1. The highest BCUT2D eigenvalue weighted by molar-refractivity contribution is 5.48. The predicted octanol–water partition coefficient (Wildman–Crippen LogP) is 4.35. The van der Waals surface area contributed by atoms with Crippen molar-refractivity contribution in [3.05, 3.63) is 60.2 Å². The van der Waals surface area contributed by atoms with Crippen LogP contribution >= 0.6 is 0 Å². The first kappa shape index (κ1) is 14.4. The molecule has 1 aromatic carbocycles. The van der Waals surface area contributed by atoms with E-state index in [9.17, 15) is 4.79 Å². The van der Waals surface area contributed by atoms with E-state index in [0.717, 1.165) is 25.5 Å². The van der Waals surface area contributed by atoms with Crippen LogP contribution in [-0.2, 0) is 11.2 Å². The first-order valence-corrected chi connectivity index (χ1v) is 6.64. The first-order valence-electron chi connectivity index (χ1n) is 6.64. The van der Waals surface area contributed by atoms with Gasteiger partial charge in [0.05, 0.1) is 0 Å². The van der Waals surface area contributed by atoms with Crippen molar-refractivity contribution in [3.63, 3.8) is 0 Å². The summed E-state index contributed by atoms with van der Waals surface area (Å²) in [7, 11) is 0. The van der Waals surface area contributed by atoms with E-state index in [1.54, 1.807) is 0 Å². The largest absolute Gasteiger partial charge is 0.303 e. The highest BCUT2D eigenvalue weighted by atomic mass is 16.1. The minimum atomic E-state index is 0.517. The fourth-order valence-electron chi connectivity index (χ4n) is 1.98. The Kier molecular flexibility index (Phi) is 7.54. The number of unbranched alkanes of at least 4 members (excludes halogenated alkanes) is 1. The quantitative estimate of drug-likeness (QED) is 0.376. The summed E-state index contributed by atoms with van der Waals surface area (Å²) in [5.41, 5.74) is 1.36. The Bertz CT molecular complexity index is 376. The molecule has 1 rings (SSSR count). The van der Waals surface area contributed by atoms with E-state index in [-0.39, 0.29) is 0 Å². The van der Waals surface area contributed by atoms with Gasteiger partial charge in [0.15, 0.2) is 0 Å². The maximum Gasteiger partial charge on any atom is 0.119 e. The van der Waals surface area contributed by atoms with E-state index < -0.39 is 0 Å². The second kappa shape index (κ2) is 9.41. The predicted molar refractivity (Wildman–Crippen MR) is 77.5 cm³/mol. The minimum absolute atomic E-state index is 0.517. The second-order valence-electron chi connectivity index (χ2n) is 4.46. The van der Waals surface area contributed by atoms with Crippen molar-refractivity contribution in [1.29, 1.82) is 0 Å². The minimum Gasteiger partial charge on any atom is -0.303 e. The number of aldehydes is 1. The summed E-state index contributed by atoms with van der Waals surface area (Å²) in [6.07, 6.45) is 13.2. The molecule has 0 amide bonds. The summed E-state index contributed by atoms with van der Waals surface area (Å²) in [5.74, 6) is 0.517.